The van der Waals surface area contributed by atoms with E-state index in [4.69, 9.17) is 0 Å². The normalized spacial score (nSPS) is 10.5. The Kier molecular flexibility index (Phi) is 3.98. The van der Waals surface area contributed by atoms with Crippen LogP contribution >= 0.6 is 11.3 Å². The third kappa shape index (κ3) is 3.16. The van der Waals surface area contributed by atoms with Gasteiger partial charge in [0.05, 0.1) is 16.3 Å². The Hall–Kier alpha value is -2.87. The maximum atomic E-state index is 12.2. The molecule has 3 aromatic rings. The zero-order valence-electron chi connectivity index (χ0n) is 12.5. The molecule has 0 saturated heterocycles. The number of carbonyl (C=O) groups is 2. The van der Waals surface area contributed by atoms with Gasteiger partial charge in [-0.15, -0.1) is 0 Å². The van der Waals surface area contributed by atoms with Gasteiger partial charge in [0, 0.05) is 12.5 Å². The van der Waals surface area contributed by atoms with Gasteiger partial charge in [-0.1, -0.05) is 11.3 Å². The lowest BCUT2D eigenvalue weighted by molar-refractivity contribution is 0.101. The second kappa shape index (κ2) is 6.09. The Morgan fingerprint density at radius 2 is 1.96 bits per heavy atom. The van der Waals surface area contributed by atoms with Gasteiger partial charge in [0.25, 0.3) is 5.91 Å². The zero-order valence-corrected chi connectivity index (χ0v) is 13.3. The van der Waals surface area contributed by atoms with Crippen molar-refractivity contribution < 1.29 is 9.59 Å². The highest BCUT2D eigenvalue weighted by molar-refractivity contribution is 7.17. The summed E-state index contributed by atoms with van der Waals surface area (Å²) < 4.78 is 1.60. The molecule has 0 saturated carbocycles. The van der Waals surface area contributed by atoms with Crippen molar-refractivity contribution in [2.45, 2.75) is 13.8 Å². The Morgan fingerprint density at radius 1 is 1.22 bits per heavy atom. The molecule has 116 valence electrons. The van der Waals surface area contributed by atoms with Crippen LogP contribution in [0.15, 0.2) is 36.9 Å². The van der Waals surface area contributed by atoms with Gasteiger partial charge in [0.1, 0.15) is 12.7 Å². The van der Waals surface area contributed by atoms with Crippen molar-refractivity contribution in [2.75, 3.05) is 5.32 Å². The first-order chi connectivity index (χ1) is 11.0. The number of hydrogen-bond donors (Lipinski definition) is 1. The SMILES string of the molecule is CC(=O)c1sc(NC(=O)c2ccc(-n3cncn3)cc2)nc1C. The van der Waals surface area contributed by atoms with Crippen molar-refractivity contribution >= 4 is 28.2 Å². The molecule has 23 heavy (non-hydrogen) atoms. The second-order valence-electron chi connectivity index (χ2n) is 4.83. The molecule has 3 rings (SSSR count). The number of anilines is 1. The lowest BCUT2D eigenvalue weighted by Gasteiger charge is -2.04. The minimum absolute atomic E-state index is 0.0577. The average molecular weight is 327 g/mol. The molecule has 0 bridgehead atoms. The molecule has 0 fully saturated rings. The Bertz CT molecular complexity index is 853. The van der Waals surface area contributed by atoms with Crippen molar-refractivity contribution in [1.82, 2.24) is 19.7 Å². The van der Waals surface area contributed by atoms with Crippen LogP contribution in [0, 0.1) is 6.92 Å². The number of rotatable bonds is 4. The third-order valence-corrected chi connectivity index (χ3v) is 4.32. The lowest BCUT2D eigenvalue weighted by Crippen LogP contribution is -2.11. The maximum absolute atomic E-state index is 12.2. The Labute approximate surface area is 136 Å². The summed E-state index contributed by atoms with van der Waals surface area (Å²) >= 11 is 1.18. The number of carbonyl (C=O) groups excluding carboxylic acids is 2. The van der Waals surface area contributed by atoms with Crippen LogP contribution in [-0.2, 0) is 0 Å². The molecule has 0 radical (unpaired) electrons. The summed E-state index contributed by atoms with van der Waals surface area (Å²) in [4.78, 5) is 32.3. The zero-order chi connectivity index (χ0) is 16.4. The fourth-order valence-electron chi connectivity index (χ4n) is 2.05. The number of benzene rings is 1. The van der Waals surface area contributed by atoms with E-state index in [1.54, 1.807) is 42.2 Å². The average Bonchev–Trinajstić information content (AvgIpc) is 3.17. The summed E-state index contributed by atoms with van der Waals surface area (Å²) in [6, 6.07) is 6.94. The minimum atomic E-state index is -0.279. The van der Waals surface area contributed by atoms with Crippen molar-refractivity contribution in [1.29, 1.82) is 0 Å². The van der Waals surface area contributed by atoms with E-state index in [1.165, 1.54) is 24.6 Å². The smallest absolute Gasteiger partial charge is 0.257 e. The van der Waals surface area contributed by atoms with Gasteiger partial charge in [-0.25, -0.2) is 14.6 Å². The van der Waals surface area contributed by atoms with Crippen LogP contribution in [-0.4, -0.2) is 31.4 Å². The van der Waals surface area contributed by atoms with E-state index in [9.17, 15) is 9.59 Å². The van der Waals surface area contributed by atoms with E-state index in [0.717, 1.165) is 5.69 Å². The van der Waals surface area contributed by atoms with E-state index >= 15 is 0 Å². The predicted molar refractivity (Wildman–Crippen MR) is 86.2 cm³/mol. The molecule has 0 atom stereocenters. The maximum Gasteiger partial charge on any atom is 0.257 e. The fourth-order valence-corrected chi connectivity index (χ4v) is 2.91. The summed E-state index contributed by atoms with van der Waals surface area (Å²) in [5.41, 5.74) is 1.92. The number of aromatic nitrogens is 4. The third-order valence-electron chi connectivity index (χ3n) is 3.15. The van der Waals surface area contributed by atoms with Crippen LogP contribution in [0.1, 0.15) is 32.6 Å². The van der Waals surface area contributed by atoms with Crippen molar-refractivity contribution in [3.63, 3.8) is 0 Å². The van der Waals surface area contributed by atoms with Crippen molar-refractivity contribution in [2.24, 2.45) is 0 Å². The number of ketones is 1. The standard InChI is InChI=1S/C15H13N5O2S/c1-9-13(10(2)21)23-15(18-9)19-14(22)11-3-5-12(6-4-11)20-8-16-7-17-20/h3-8H,1-2H3,(H,18,19,22). The van der Waals surface area contributed by atoms with Crippen LogP contribution in [0.3, 0.4) is 0 Å². The Balaban J connectivity index is 1.76. The molecule has 0 unspecified atom stereocenters. The lowest BCUT2D eigenvalue weighted by atomic mass is 10.2. The highest BCUT2D eigenvalue weighted by Gasteiger charge is 2.14. The molecule has 2 heterocycles. The molecule has 8 heteroatoms. The van der Waals surface area contributed by atoms with E-state index in [0.29, 0.717) is 21.3 Å². The second-order valence-corrected chi connectivity index (χ2v) is 5.83. The first kappa shape index (κ1) is 15.0. The number of nitrogens with zero attached hydrogens (tertiary/aromatic N) is 4. The van der Waals surface area contributed by atoms with Gasteiger partial charge in [0.2, 0.25) is 0 Å². The van der Waals surface area contributed by atoms with Crippen LogP contribution in [0.4, 0.5) is 5.13 Å². The predicted octanol–water partition coefficient (Wildman–Crippen LogP) is 2.49. The minimum Gasteiger partial charge on any atom is -0.298 e. The Morgan fingerprint density at radius 3 is 2.52 bits per heavy atom. The molecular weight excluding hydrogens is 314 g/mol. The van der Waals surface area contributed by atoms with E-state index in [-0.39, 0.29) is 11.7 Å². The number of thiazole rings is 1. The first-order valence-corrected chi connectivity index (χ1v) is 7.61. The van der Waals surface area contributed by atoms with Crippen LogP contribution in [0.25, 0.3) is 5.69 Å². The molecular formula is C15H13N5O2S. The number of Topliss-reactive ketones (excluding diaryl/α,β-unsaturated/α-hetero) is 1. The quantitative estimate of drug-likeness (QED) is 0.744. The molecule has 0 aliphatic heterocycles. The monoisotopic (exact) mass is 327 g/mol. The van der Waals surface area contributed by atoms with Crippen LogP contribution in [0.5, 0.6) is 0 Å². The summed E-state index contributed by atoms with van der Waals surface area (Å²) in [7, 11) is 0. The van der Waals surface area contributed by atoms with Gasteiger partial charge in [-0.2, -0.15) is 5.10 Å². The van der Waals surface area contributed by atoms with E-state index in [2.05, 4.69) is 20.4 Å². The van der Waals surface area contributed by atoms with E-state index < -0.39 is 0 Å². The summed E-state index contributed by atoms with van der Waals surface area (Å²) in [5, 5.41) is 7.15. The van der Waals surface area contributed by atoms with Gasteiger partial charge in [-0.3, -0.25) is 14.9 Å². The number of amides is 1. The highest BCUT2D eigenvalue weighted by atomic mass is 32.1. The van der Waals surface area contributed by atoms with Crippen molar-refractivity contribution in [3.05, 3.63) is 53.1 Å². The van der Waals surface area contributed by atoms with Crippen LogP contribution in [0.2, 0.25) is 0 Å². The van der Waals surface area contributed by atoms with Crippen LogP contribution < -0.4 is 5.32 Å². The molecule has 7 nitrogen and oxygen atoms in total. The molecule has 0 aliphatic carbocycles. The van der Waals surface area contributed by atoms with E-state index in [1.807, 2.05) is 0 Å². The first-order valence-electron chi connectivity index (χ1n) is 6.79. The molecule has 1 N–H and O–H groups in total. The number of aryl methyl sites for hydroxylation is 1. The largest absolute Gasteiger partial charge is 0.298 e. The molecule has 2 aromatic heterocycles. The summed E-state index contributed by atoms with van der Waals surface area (Å²) in [6.07, 6.45) is 3.02. The summed E-state index contributed by atoms with van der Waals surface area (Å²) in [6.45, 7) is 3.23. The highest BCUT2D eigenvalue weighted by Crippen LogP contribution is 2.23. The summed E-state index contributed by atoms with van der Waals surface area (Å²) in [5.74, 6) is -0.336. The van der Waals surface area contributed by atoms with Gasteiger partial charge in [0.15, 0.2) is 10.9 Å². The van der Waals surface area contributed by atoms with Gasteiger partial charge in [-0.05, 0) is 31.2 Å². The number of hydrogen-bond acceptors (Lipinski definition) is 6. The molecule has 0 aliphatic rings. The van der Waals surface area contributed by atoms with Gasteiger partial charge < -0.3 is 0 Å². The van der Waals surface area contributed by atoms with Crippen molar-refractivity contribution in [3.8, 4) is 5.69 Å². The molecule has 1 amide bonds. The molecule has 0 spiro atoms. The fraction of sp³-hybridized carbons (Fsp3) is 0.133. The van der Waals surface area contributed by atoms with Gasteiger partial charge >= 0.3 is 0 Å². The number of nitrogens with one attached hydrogen (secondary N) is 1. The molecule has 1 aromatic carbocycles. The topological polar surface area (TPSA) is 89.8 Å².